The molecule has 14 nitrogen and oxygen atoms in total. The van der Waals surface area contributed by atoms with E-state index < -0.39 is 79.2 Å². The van der Waals surface area contributed by atoms with Gasteiger partial charge in [-0.1, -0.05) is 0 Å². The molecule has 0 spiro atoms. The van der Waals surface area contributed by atoms with E-state index in [1.807, 2.05) is 10.6 Å². The zero-order chi connectivity index (χ0) is 22.7. The lowest BCUT2D eigenvalue weighted by Gasteiger charge is -2.23. The zero-order valence-electron chi connectivity index (χ0n) is 15.0. The van der Waals surface area contributed by atoms with Crippen LogP contribution in [0.3, 0.4) is 0 Å². The molecule has 29 heavy (non-hydrogen) atoms. The number of hydrogen-bond donors (Lipinski definition) is 9. The van der Waals surface area contributed by atoms with E-state index in [-0.39, 0.29) is 5.75 Å². The van der Waals surface area contributed by atoms with Gasteiger partial charge in [0.1, 0.15) is 18.1 Å². The number of carboxylic acid groups (broad SMARTS) is 2. The molecule has 4 amide bonds. The van der Waals surface area contributed by atoms with Crippen molar-refractivity contribution in [1.29, 1.82) is 0 Å². The van der Waals surface area contributed by atoms with E-state index in [2.05, 4.69) is 17.9 Å². The molecule has 0 aliphatic heterocycles. The van der Waals surface area contributed by atoms with Gasteiger partial charge in [-0.25, -0.2) is 4.79 Å². The van der Waals surface area contributed by atoms with E-state index in [1.54, 1.807) is 0 Å². The van der Waals surface area contributed by atoms with Crippen molar-refractivity contribution in [3.8, 4) is 0 Å². The molecule has 0 saturated carbocycles. The molecule has 0 fully saturated rings. The largest absolute Gasteiger partial charge is 0.481 e. The van der Waals surface area contributed by atoms with Crippen molar-refractivity contribution in [3.63, 3.8) is 0 Å². The lowest BCUT2D eigenvalue weighted by molar-refractivity contribution is -0.144. The Kier molecular flexibility index (Phi) is 11.3. The van der Waals surface area contributed by atoms with Gasteiger partial charge in [-0.15, -0.1) is 0 Å². The first-order valence-electron chi connectivity index (χ1n) is 8.04. The number of carbonyl (C=O) groups excluding carboxylic acids is 4. The highest BCUT2D eigenvalue weighted by Crippen LogP contribution is 2.00. The Morgan fingerprint density at radius 2 is 1.28 bits per heavy atom. The molecular formula is C14H23N5O9S. The van der Waals surface area contributed by atoms with Crippen molar-refractivity contribution in [2.45, 2.75) is 37.0 Å². The van der Waals surface area contributed by atoms with Crippen LogP contribution in [0.1, 0.15) is 12.8 Å². The summed E-state index contributed by atoms with van der Waals surface area (Å²) >= 11 is 3.81. The predicted molar refractivity (Wildman–Crippen MR) is 98.4 cm³/mol. The molecule has 164 valence electrons. The number of nitrogens with two attached hydrogens (primary N) is 2. The van der Waals surface area contributed by atoms with E-state index in [9.17, 15) is 28.8 Å². The first kappa shape index (κ1) is 26.1. The van der Waals surface area contributed by atoms with Gasteiger partial charge in [0.2, 0.25) is 23.6 Å². The maximum absolute atomic E-state index is 12.4. The zero-order valence-corrected chi connectivity index (χ0v) is 15.9. The molecule has 0 aromatic carbocycles. The van der Waals surface area contributed by atoms with Crippen molar-refractivity contribution in [1.82, 2.24) is 16.0 Å². The highest BCUT2D eigenvalue weighted by atomic mass is 32.1. The second-order valence-electron chi connectivity index (χ2n) is 5.76. The second-order valence-corrected chi connectivity index (χ2v) is 6.13. The van der Waals surface area contributed by atoms with E-state index in [0.717, 1.165) is 0 Å². The summed E-state index contributed by atoms with van der Waals surface area (Å²) in [5, 5.41) is 32.7. The lowest BCUT2D eigenvalue weighted by atomic mass is 10.1. The molecule has 0 aliphatic carbocycles. The third-order valence-electron chi connectivity index (χ3n) is 3.38. The summed E-state index contributed by atoms with van der Waals surface area (Å²) < 4.78 is 0. The molecule has 0 heterocycles. The monoisotopic (exact) mass is 437 g/mol. The number of aliphatic hydroxyl groups is 1. The normalized spacial score (nSPS) is 14.6. The third-order valence-corrected chi connectivity index (χ3v) is 3.77. The molecule has 15 heteroatoms. The number of aliphatic hydroxyl groups excluding tert-OH is 1. The Bertz CT molecular complexity index is 659. The summed E-state index contributed by atoms with van der Waals surface area (Å²) in [6.07, 6.45) is -1.64. The quantitative estimate of drug-likeness (QED) is 0.124. The molecular weight excluding hydrogens is 414 g/mol. The van der Waals surface area contributed by atoms with Gasteiger partial charge in [0.05, 0.1) is 25.5 Å². The van der Waals surface area contributed by atoms with Gasteiger partial charge in [-0.3, -0.25) is 24.0 Å². The van der Waals surface area contributed by atoms with Crippen LogP contribution in [0.25, 0.3) is 0 Å². The summed E-state index contributed by atoms with van der Waals surface area (Å²) in [5.74, 6) is -7.41. The standard InChI is InChI=1S/C14H23N5O9S/c15-5(4-29)11(24)17-6(1-9(16)21)12(25)18-7(2-10(22)23)13(26)19-8(3-20)14(27)28/h5-8,20,29H,1-4,15H2,(H2,16,21)(H,17,24)(H,18,25)(H,19,26)(H,22,23)(H,27,28). The maximum Gasteiger partial charge on any atom is 0.328 e. The maximum atomic E-state index is 12.4. The van der Waals surface area contributed by atoms with Crippen LogP contribution in [0, 0.1) is 0 Å². The Morgan fingerprint density at radius 3 is 1.66 bits per heavy atom. The van der Waals surface area contributed by atoms with E-state index in [0.29, 0.717) is 0 Å². The molecule has 0 radical (unpaired) electrons. The number of rotatable bonds is 13. The number of thiol groups is 1. The highest BCUT2D eigenvalue weighted by molar-refractivity contribution is 7.80. The number of nitrogens with one attached hydrogen (secondary N) is 3. The summed E-state index contributed by atoms with van der Waals surface area (Å²) in [7, 11) is 0. The minimum absolute atomic E-state index is 0.0848. The Labute approximate surface area is 169 Å². The molecule has 0 aromatic heterocycles. The van der Waals surface area contributed by atoms with Gasteiger partial charge in [0.25, 0.3) is 0 Å². The number of aliphatic carboxylic acids is 2. The van der Waals surface area contributed by atoms with Crippen LogP contribution in [0.15, 0.2) is 0 Å². The van der Waals surface area contributed by atoms with Crippen LogP contribution in [0.4, 0.5) is 0 Å². The first-order chi connectivity index (χ1) is 13.4. The first-order valence-corrected chi connectivity index (χ1v) is 8.67. The van der Waals surface area contributed by atoms with Crippen LogP contribution in [0.5, 0.6) is 0 Å². The van der Waals surface area contributed by atoms with Crippen LogP contribution in [-0.4, -0.2) is 87.4 Å². The van der Waals surface area contributed by atoms with Gasteiger partial charge in [0, 0.05) is 5.75 Å². The highest BCUT2D eigenvalue weighted by Gasteiger charge is 2.32. The van der Waals surface area contributed by atoms with Crippen molar-refractivity contribution in [2.24, 2.45) is 11.5 Å². The minimum atomic E-state index is -1.78. The molecule has 0 rings (SSSR count). The summed E-state index contributed by atoms with van der Waals surface area (Å²) in [5.41, 5.74) is 10.5. The number of primary amides is 1. The van der Waals surface area contributed by atoms with Gasteiger partial charge in [0.15, 0.2) is 0 Å². The summed E-state index contributed by atoms with van der Waals surface area (Å²) in [6.45, 7) is -0.989. The summed E-state index contributed by atoms with van der Waals surface area (Å²) in [4.78, 5) is 69.4. The third kappa shape index (κ3) is 9.72. The minimum Gasteiger partial charge on any atom is -0.481 e. The van der Waals surface area contributed by atoms with Gasteiger partial charge in [-0.2, -0.15) is 12.6 Å². The van der Waals surface area contributed by atoms with Crippen LogP contribution in [-0.2, 0) is 28.8 Å². The van der Waals surface area contributed by atoms with Crippen LogP contribution >= 0.6 is 12.6 Å². The van der Waals surface area contributed by atoms with Gasteiger partial charge in [-0.05, 0) is 0 Å². The van der Waals surface area contributed by atoms with Crippen LogP contribution in [0.2, 0.25) is 0 Å². The Balaban J connectivity index is 5.42. The number of carbonyl (C=O) groups is 6. The molecule has 4 unspecified atom stereocenters. The SMILES string of the molecule is NC(=O)CC(NC(=O)C(N)CS)C(=O)NC(CC(=O)O)C(=O)NC(CO)C(=O)O. The molecule has 10 N–H and O–H groups in total. The van der Waals surface area contributed by atoms with E-state index in [1.165, 1.54) is 0 Å². The molecule has 0 aliphatic rings. The van der Waals surface area contributed by atoms with Crippen molar-refractivity contribution in [3.05, 3.63) is 0 Å². The Morgan fingerprint density at radius 1 is 0.828 bits per heavy atom. The second kappa shape index (κ2) is 12.5. The molecule has 0 saturated heterocycles. The van der Waals surface area contributed by atoms with Crippen LogP contribution < -0.4 is 27.4 Å². The fourth-order valence-electron chi connectivity index (χ4n) is 1.89. The van der Waals surface area contributed by atoms with Crippen molar-refractivity contribution >= 4 is 48.2 Å². The molecule has 0 bridgehead atoms. The smallest absolute Gasteiger partial charge is 0.328 e. The summed E-state index contributed by atoms with van der Waals surface area (Å²) in [6, 6.07) is -6.23. The number of amides is 4. The van der Waals surface area contributed by atoms with Crippen molar-refractivity contribution < 1.29 is 44.1 Å². The number of hydrogen-bond acceptors (Lipinski definition) is 9. The predicted octanol–water partition coefficient (Wildman–Crippen LogP) is -4.88. The van der Waals surface area contributed by atoms with Gasteiger partial charge >= 0.3 is 11.9 Å². The Hall–Kier alpha value is -2.91. The number of carboxylic acids is 2. The van der Waals surface area contributed by atoms with Crippen molar-refractivity contribution in [2.75, 3.05) is 12.4 Å². The van der Waals surface area contributed by atoms with E-state index >= 15 is 0 Å². The molecule has 4 atom stereocenters. The van der Waals surface area contributed by atoms with E-state index in [4.69, 9.17) is 26.8 Å². The average Bonchev–Trinajstić information content (AvgIpc) is 2.62. The molecule has 0 aromatic rings. The fraction of sp³-hybridized carbons (Fsp3) is 0.571. The lowest BCUT2D eigenvalue weighted by Crippen LogP contribution is -2.58. The topological polar surface area (TPSA) is 251 Å². The average molecular weight is 437 g/mol. The van der Waals surface area contributed by atoms with Gasteiger partial charge < -0.3 is 42.7 Å². The fourth-order valence-corrected chi connectivity index (χ4v) is 2.05.